The molecule has 1 heterocycles. The second-order valence-corrected chi connectivity index (χ2v) is 4.03. The second-order valence-electron chi connectivity index (χ2n) is 3.15. The van der Waals surface area contributed by atoms with Crippen molar-refractivity contribution in [3.05, 3.63) is 23.8 Å². The summed E-state index contributed by atoms with van der Waals surface area (Å²) in [5, 5.41) is 0. The fourth-order valence-corrected chi connectivity index (χ4v) is 1.98. The number of halogens is 1. The summed E-state index contributed by atoms with van der Waals surface area (Å²) in [4.78, 5) is 1.25. The molecule has 2 nitrogen and oxygen atoms in total. The van der Waals surface area contributed by atoms with Crippen molar-refractivity contribution in [3.8, 4) is 5.75 Å². The SMILES string of the molecule is CSc1ccc2c(c1)C(N)CCO2.Cl. The molecule has 78 valence electrons. The number of hydrogen-bond donors (Lipinski definition) is 1. The zero-order chi connectivity index (χ0) is 9.26. The van der Waals surface area contributed by atoms with E-state index in [4.69, 9.17) is 10.5 Å². The molecular formula is C10H14ClNOS. The largest absolute Gasteiger partial charge is 0.493 e. The first kappa shape index (κ1) is 11.7. The Morgan fingerprint density at radius 1 is 1.50 bits per heavy atom. The van der Waals surface area contributed by atoms with E-state index >= 15 is 0 Å². The Hall–Kier alpha value is -0.380. The lowest BCUT2D eigenvalue weighted by Crippen LogP contribution is -2.20. The minimum Gasteiger partial charge on any atom is -0.493 e. The van der Waals surface area contributed by atoms with E-state index in [0.29, 0.717) is 0 Å². The summed E-state index contributed by atoms with van der Waals surface area (Å²) in [7, 11) is 0. The zero-order valence-electron chi connectivity index (χ0n) is 8.03. The van der Waals surface area contributed by atoms with Crippen LogP contribution in [0.5, 0.6) is 5.75 Å². The van der Waals surface area contributed by atoms with Crippen LogP contribution >= 0.6 is 24.2 Å². The molecule has 14 heavy (non-hydrogen) atoms. The van der Waals surface area contributed by atoms with Crippen molar-refractivity contribution in [2.45, 2.75) is 17.4 Å². The number of nitrogens with two attached hydrogens (primary N) is 1. The topological polar surface area (TPSA) is 35.2 Å². The molecule has 0 amide bonds. The Kier molecular flexibility index (Phi) is 4.11. The van der Waals surface area contributed by atoms with Gasteiger partial charge in [0.05, 0.1) is 6.61 Å². The summed E-state index contributed by atoms with van der Waals surface area (Å²) in [6, 6.07) is 6.36. The molecule has 2 rings (SSSR count). The molecule has 0 saturated heterocycles. The van der Waals surface area contributed by atoms with Crippen LogP contribution in [0.15, 0.2) is 23.1 Å². The number of hydrogen-bond acceptors (Lipinski definition) is 3. The van der Waals surface area contributed by atoms with Gasteiger partial charge in [0.15, 0.2) is 0 Å². The average Bonchev–Trinajstić information content (AvgIpc) is 2.18. The van der Waals surface area contributed by atoms with E-state index in [-0.39, 0.29) is 18.4 Å². The van der Waals surface area contributed by atoms with Crippen LogP contribution in [0.2, 0.25) is 0 Å². The molecule has 0 spiro atoms. The van der Waals surface area contributed by atoms with Crippen molar-refractivity contribution < 1.29 is 4.74 Å². The lowest BCUT2D eigenvalue weighted by molar-refractivity contribution is 0.268. The van der Waals surface area contributed by atoms with Crippen molar-refractivity contribution >= 4 is 24.2 Å². The van der Waals surface area contributed by atoms with Crippen molar-refractivity contribution in [1.82, 2.24) is 0 Å². The van der Waals surface area contributed by atoms with Crippen molar-refractivity contribution in [3.63, 3.8) is 0 Å². The highest BCUT2D eigenvalue weighted by Gasteiger charge is 2.17. The Labute approximate surface area is 94.6 Å². The molecule has 0 aromatic heterocycles. The molecule has 1 aliphatic heterocycles. The molecule has 0 fully saturated rings. The highest BCUT2D eigenvalue weighted by atomic mass is 35.5. The molecular weight excluding hydrogens is 218 g/mol. The van der Waals surface area contributed by atoms with Gasteiger partial charge in [-0.25, -0.2) is 0 Å². The molecule has 0 bridgehead atoms. The van der Waals surface area contributed by atoms with E-state index in [2.05, 4.69) is 18.4 Å². The maximum atomic E-state index is 5.98. The third-order valence-corrected chi connectivity index (χ3v) is 3.03. The van der Waals surface area contributed by atoms with Crippen LogP contribution in [0.4, 0.5) is 0 Å². The number of thioether (sulfide) groups is 1. The molecule has 1 aliphatic rings. The predicted octanol–water partition coefficient (Wildman–Crippen LogP) is 2.61. The molecule has 4 heteroatoms. The number of rotatable bonds is 1. The smallest absolute Gasteiger partial charge is 0.124 e. The van der Waals surface area contributed by atoms with Gasteiger partial charge in [-0.2, -0.15) is 0 Å². The summed E-state index contributed by atoms with van der Waals surface area (Å²) in [6.07, 6.45) is 2.99. The number of ether oxygens (including phenoxy) is 1. The zero-order valence-corrected chi connectivity index (χ0v) is 9.66. The molecule has 1 aromatic rings. The standard InChI is InChI=1S/C10H13NOS.ClH/c1-13-7-2-3-10-8(6-7)9(11)4-5-12-10;/h2-3,6,9H,4-5,11H2,1H3;1H. The quantitative estimate of drug-likeness (QED) is 0.755. The lowest BCUT2D eigenvalue weighted by Gasteiger charge is -2.23. The molecule has 0 saturated carbocycles. The molecule has 1 atom stereocenters. The van der Waals surface area contributed by atoms with E-state index in [1.165, 1.54) is 4.90 Å². The van der Waals surface area contributed by atoms with Gasteiger partial charge in [0.1, 0.15) is 5.75 Å². The predicted molar refractivity (Wildman–Crippen MR) is 62.5 cm³/mol. The van der Waals surface area contributed by atoms with Gasteiger partial charge in [-0.05, 0) is 24.5 Å². The fourth-order valence-electron chi connectivity index (χ4n) is 1.53. The first-order valence-corrected chi connectivity index (χ1v) is 5.60. The maximum Gasteiger partial charge on any atom is 0.124 e. The van der Waals surface area contributed by atoms with Crippen LogP contribution in [0, 0.1) is 0 Å². The van der Waals surface area contributed by atoms with Crippen LogP contribution < -0.4 is 10.5 Å². The second kappa shape index (κ2) is 4.91. The monoisotopic (exact) mass is 231 g/mol. The summed E-state index contributed by atoms with van der Waals surface area (Å²) in [5.41, 5.74) is 7.13. The first-order valence-electron chi connectivity index (χ1n) is 4.37. The third-order valence-electron chi connectivity index (χ3n) is 2.30. The van der Waals surface area contributed by atoms with E-state index in [1.54, 1.807) is 11.8 Å². The van der Waals surface area contributed by atoms with Gasteiger partial charge in [-0.1, -0.05) is 0 Å². The number of fused-ring (bicyclic) bond motifs is 1. The van der Waals surface area contributed by atoms with Gasteiger partial charge in [0.25, 0.3) is 0 Å². The summed E-state index contributed by atoms with van der Waals surface area (Å²) >= 11 is 1.73. The van der Waals surface area contributed by atoms with Crippen LogP contribution in [0.25, 0.3) is 0 Å². The highest BCUT2D eigenvalue weighted by molar-refractivity contribution is 7.98. The normalized spacial score (nSPS) is 19.1. The van der Waals surface area contributed by atoms with Crippen LogP contribution in [0.3, 0.4) is 0 Å². The summed E-state index contributed by atoms with van der Waals surface area (Å²) < 4.78 is 5.50. The average molecular weight is 232 g/mol. The summed E-state index contributed by atoms with van der Waals surface area (Å²) in [5.74, 6) is 0.955. The fraction of sp³-hybridized carbons (Fsp3) is 0.400. The molecule has 0 radical (unpaired) electrons. The van der Waals surface area contributed by atoms with Gasteiger partial charge in [-0.15, -0.1) is 24.2 Å². The first-order chi connectivity index (χ1) is 6.31. The van der Waals surface area contributed by atoms with Gasteiger partial charge >= 0.3 is 0 Å². The van der Waals surface area contributed by atoms with Crippen LogP contribution in [0.1, 0.15) is 18.0 Å². The van der Waals surface area contributed by atoms with Gasteiger partial charge in [-0.3, -0.25) is 0 Å². The minimum absolute atomic E-state index is 0. The Balaban J connectivity index is 0.000000980. The van der Waals surface area contributed by atoms with E-state index in [1.807, 2.05) is 6.07 Å². The van der Waals surface area contributed by atoms with Gasteiger partial charge in [0, 0.05) is 22.9 Å². The molecule has 1 unspecified atom stereocenters. The maximum absolute atomic E-state index is 5.98. The molecule has 1 aromatic carbocycles. The van der Waals surface area contributed by atoms with Crippen LogP contribution in [-0.2, 0) is 0 Å². The van der Waals surface area contributed by atoms with Gasteiger partial charge < -0.3 is 10.5 Å². The molecule has 2 N–H and O–H groups in total. The van der Waals surface area contributed by atoms with E-state index in [9.17, 15) is 0 Å². The lowest BCUT2D eigenvalue weighted by atomic mass is 10.0. The Bertz CT molecular complexity index is 319. The van der Waals surface area contributed by atoms with E-state index < -0.39 is 0 Å². The number of benzene rings is 1. The van der Waals surface area contributed by atoms with Crippen molar-refractivity contribution in [1.29, 1.82) is 0 Å². The van der Waals surface area contributed by atoms with E-state index in [0.717, 1.165) is 24.3 Å². The van der Waals surface area contributed by atoms with Gasteiger partial charge in [0.2, 0.25) is 0 Å². The summed E-state index contributed by atoms with van der Waals surface area (Å²) in [6.45, 7) is 0.743. The Morgan fingerprint density at radius 2 is 2.29 bits per heavy atom. The van der Waals surface area contributed by atoms with Crippen LogP contribution in [-0.4, -0.2) is 12.9 Å². The Morgan fingerprint density at radius 3 is 3.00 bits per heavy atom. The molecule has 0 aliphatic carbocycles. The highest BCUT2D eigenvalue weighted by Crippen LogP contribution is 2.33. The van der Waals surface area contributed by atoms with Crippen molar-refractivity contribution in [2.24, 2.45) is 5.73 Å². The van der Waals surface area contributed by atoms with Crippen molar-refractivity contribution in [2.75, 3.05) is 12.9 Å². The third kappa shape index (κ3) is 2.16. The minimum atomic E-state index is 0.